The van der Waals surface area contributed by atoms with Gasteiger partial charge in [-0.2, -0.15) is 0 Å². The number of ether oxygens (including phenoxy) is 4. The molecule has 6 nitrogen and oxygen atoms in total. The molecule has 2 aromatic rings. The van der Waals surface area contributed by atoms with E-state index in [1.54, 1.807) is 17.0 Å². The number of fused-ring (bicyclic) bond motifs is 1. The highest BCUT2D eigenvalue weighted by atomic mass is 19.3. The number of likely N-dealkylation sites (tertiary alicyclic amines) is 1. The van der Waals surface area contributed by atoms with Gasteiger partial charge in [0.15, 0.2) is 11.5 Å². The zero-order valence-electron chi connectivity index (χ0n) is 19.1. The lowest BCUT2D eigenvalue weighted by atomic mass is 9.81. The first-order chi connectivity index (χ1) is 16.7. The van der Waals surface area contributed by atoms with Crippen LogP contribution in [0.4, 0.5) is 17.6 Å². The molecule has 35 heavy (non-hydrogen) atoms. The Morgan fingerprint density at radius 2 is 1.94 bits per heavy atom. The molecular formula is C25H25F4NO5. The highest BCUT2D eigenvalue weighted by Gasteiger charge is 2.52. The second-order valence-electron chi connectivity index (χ2n) is 9.24. The Labute approximate surface area is 199 Å². The number of carbonyl (C=O) groups excluding carboxylic acids is 1. The highest BCUT2D eigenvalue weighted by molar-refractivity contribution is 5.95. The fourth-order valence-corrected chi connectivity index (χ4v) is 5.08. The van der Waals surface area contributed by atoms with Crippen molar-refractivity contribution in [1.82, 2.24) is 4.90 Å². The molecule has 1 aliphatic carbocycles. The van der Waals surface area contributed by atoms with Gasteiger partial charge in [0, 0.05) is 42.9 Å². The number of alkyl halides is 2. The average Bonchev–Trinajstić information content (AvgIpc) is 3.26. The molecule has 0 aromatic heterocycles. The molecule has 10 heteroatoms. The molecular weight excluding hydrogens is 470 g/mol. The topological polar surface area (TPSA) is 57.2 Å². The summed E-state index contributed by atoms with van der Waals surface area (Å²) < 4.78 is 77.0. The van der Waals surface area contributed by atoms with Gasteiger partial charge in [-0.1, -0.05) is 0 Å². The van der Waals surface area contributed by atoms with Gasteiger partial charge < -0.3 is 23.8 Å². The van der Waals surface area contributed by atoms with Gasteiger partial charge in [-0.15, -0.1) is 0 Å². The molecule has 2 aromatic carbocycles. The third-order valence-corrected chi connectivity index (χ3v) is 6.98. The van der Waals surface area contributed by atoms with Gasteiger partial charge in [0.1, 0.15) is 30.1 Å². The van der Waals surface area contributed by atoms with Crippen LogP contribution in [0.3, 0.4) is 0 Å². The van der Waals surface area contributed by atoms with Crippen LogP contribution in [-0.4, -0.2) is 56.4 Å². The van der Waals surface area contributed by atoms with Crippen molar-refractivity contribution < 1.29 is 41.3 Å². The van der Waals surface area contributed by atoms with Crippen LogP contribution in [0.1, 0.15) is 35.2 Å². The van der Waals surface area contributed by atoms with E-state index in [4.69, 9.17) is 18.9 Å². The first-order valence-corrected chi connectivity index (χ1v) is 11.4. The lowest BCUT2D eigenvalue weighted by molar-refractivity contribution is -0.119. The molecule has 188 valence electrons. The predicted octanol–water partition coefficient (Wildman–Crippen LogP) is 4.51. The standard InChI is InChI=1S/C25H25F4NO5/c1-32-21-8-16(2-5-20(21)33-13-15-10-24(28,29)11-15)23(31)30-7-6-25(22(12-30)34-14-35-25)18-9-17(26)3-4-19(18)27/h2-5,8-9,15,22H,6-7,10-14H2,1H3/t22?,25-/m1/s1. The Balaban J connectivity index is 1.28. The molecule has 5 rings (SSSR count). The molecule has 2 heterocycles. The molecule has 0 radical (unpaired) electrons. The monoisotopic (exact) mass is 495 g/mol. The number of rotatable bonds is 6. The molecule has 2 saturated heterocycles. The van der Waals surface area contributed by atoms with Crippen LogP contribution in [0.15, 0.2) is 36.4 Å². The van der Waals surface area contributed by atoms with Gasteiger partial charge in [-0.25, -0.2) is 17.6 Å². The fourth-order valence-electron chi connectivity index (χ4n) is 5.08. The van der Waals surface area contributed by atoms with Crippen LogP contribution in [0.25, 0.3) is 0 Å². The van der Waals surface area contributed by atoms with E-state index in [0.29, 0.717) is 17.1 Å². The smallest absolute Gasteiger partial charge is 0.254 e. The van der Waals surface area contributed by atoms with E-state index < -0.39 is 29.3 Å². The summed E-state index contributed by atoms with van der Waals surface area (Å²) in [5, 5.41) is 0. The number of hydrogen-bond acceptors (Lipinski definition) is 5. The first-order valence-electron chi connectivity index (χ1n) is 11.4. The van der Waals surface area contributed by atoms with E-state index in [-0.39, 0.29) is 63.1 Å². The minimum atomic E-state index is -2.62. The summed E-state index contributed by atoms with van der Waals surface area (Å²) in [5.41, 5.74) is -0.747. The largest absolute Gasteiger partial charge is 0.493 e. The lowest BCUT2D eigenvalue weighted by Gasteiger charge is -2.42. The summed E-state index contributed by atoms with van der Waals surface area (Å²) >= 11 is 0. The van der Waals surface area contributed by atoms with E-state index in [0.717, 1.165) is 18.2 Å². The number of nitrogens with zero attached hydrogens (tertiary/aromatic N) is 1. The third-order valence-electron chi connectivity index (χ3n) is 6.98. The van der Waals surface area contributed by atoms with E-state index in [1.807, 2.05) is 0 Å². The Bertz CT molecular complexity index is 1120. The first kappa shape index (κ1) is 23.9. The van der Waals surface area contributed by atoms with Crippen molar-refractivity contribution in [2.24, 2.45) is 5.92 Å². The summed E-state index contributed by atoms with van der Waals surface area (Å²) in [4.78, 5) is 14.8. The molecule has 2 atom stereocenters. The molecule has 2 aliphatic heterocycles. The quantitative estimate of drug-likeness (QED) is 0.552. The van der Waals surface area contributed by atoms with E-state index in [9.17, 15) is 22.4 Å². The van der Waals surface area contributed by atoms with Gasteiger partial charge in [-0.05, 0) is 36.4 Å². The zero-order valence-corrected chi connectivity index (χ0v) is 19.1. The van der Waals surface area contributed by atoms with Crippen LogP contribution in [0.5, 0.6) is 11.5 Å². The molecule has 0 bridgehead atoms. The number of carbonyl (C=O) groups is 1. The van der Waals surface area contributed by atoms with Crippen molar-refractivity contribution in [2.45, 2.75) is 36.9 Å². The van der Waals surface area contributed by atoms with Crippen LogP contribution in [0.2, 0.25) is 0 Å². The number of methoxy groups -OCH3 is 1. The van der Waals surface area contributed by atoms with Crippen molar-refractivity contribution in [1.29, 1.82) is 0 Å². The Hall–Kier alpha value is -2.85. The van der Waals surface area contributed by atoms with Gasteiger partial charge in [-0.3, -0.25) is 4.79 Å². The fraction of sp³-hybridized carbons (Fsp3) is 0.480. The van der Waals surface area contributed by atoms with Crippen molar-refractivity contribution in [3.8, 4) is 11.5 Å². The Kier molecular flexibility index (Phi) is 6.13. The average molecular weight is 495 g/mol. The lowest BCUT2D eigenvalue weighted by Crippen LogP contribution is -2.53. The zero-order chi connectivity index (χ0) is 24.8. The number of piperidine rings is 1. The molecule has 3 aliphatic rings. The Morgan fingerprint density at radius 1 is 1.14 bits per heavy atom. The second kappa shape index (κ2) is 8.98. The summed E-state index contributed by atoms with van der Waals surface area (Å²) in [5.74, 6) is -3.62. The normalized spacial score (nSPS) is 25.6. The molecule has 3 fully saturated rings. The molecule has 0 N–H and O–H groups in total. The van der Waals surface area contributed by atoms with Gasteiger partial charge in [0.2, 0.25) is 5.92 Å². The van der Waals surface area contributed by atoms with Gasteiger partial charge in [0.05, 0.1) is 20.3 Å². The summed E-state index contributed by atoms with van der Waals surface area (Å²) in [6, 6.07) is 7.91. The van der Waals surface area contributed by atoms with Crippen LogP contribution in [0, 0.1) is 17.6 Å². The Morgan fingerprint density at radius 3 is 2.69 bits per heavy atom. The predicted molar refractivity (Wildman–Crippen MR) is 116 cm³/mol. The third kappa shape index (κ3) is 4.45. The summed E-state index contributed by atoms with van der Waals surface area (Å²) in [6.07, 6.45) is -0.834. The maximum Gasteiger partial charge on any atom is 0.254 e. The van der Waals surface area contributed by atoms with Crippen molar-refractivity contribution >= 4 is 5.91 Å². The van der Waals surface area contributed by atoms with Crippen LogP contribution < -0.4 is 9.47 Å². The van der Waals surface area contributed by atoms with Crippen LogP contribution in [-0.2, 0) is 15.1 Å². The van der Waals surface area contributed by atoms with Crippen molar-refractivity contribution in [3.63, 3.8) is 0 Å². The van der Waals surface area contributed by atoms with Gasteiger partial charge >= 0.3 is 0 Å². The van der Waals surface area contributed by atoms with Gasteiger partial charge in [0.25, 0.3) is 5.91 Å². The summed E-state index contributed by atoms with van der Waals surface area (Å²) in [7, 11) is 1.43. The minimum Gasteiger partial charge on any atom is -0.493 e. The maximum absolute atomic E-state index is 14.6. The van der Waals surface area contributed by atoms with E-state index in [1.165, 1.54) is 13.2 Å². The maximum atomic E-state index is 14.6. The highest BCUT2D eigenvalue weighted by Crippen LogP contribution is 2.45. The number of benzene rings is 2. The molecule has 0 spiro atoms. The minimum absolute atomic E-state index is 0.0829. The second-order valence-corrected chi connectivity index (χ2v) is 9.24. The van der Waals surface area contributed by atoms with Crippen molar-refractivity contribution in [3.05, 3.63) is 59.2 Å². The molecule has 1 unspecified atom stereocenters. The van der Waals surface area contributed by atoms with E-state index >= 15 is 0 Å². The SMILES string of the molecule is COc1cc(C(=O)N2CC[C@]3(c4cc(F)ccc4F)OCOC3C2)ccc1OCC1CC(F)(F)C1. The molecule has 1 amide bonds. The molecule has 1 saturated carbocycles. The van der Waals surface area contributed by atoms with Crippen LogP contribution >= 0.6 is 0 Å². The number of amides is 1. The number of halogens is 4. The van der Waals surface area contributed by atoms with Crippen molar-refractivity contribution in [2.75, 3.05) is 33.6 Å². The summed E-state index contributed by atoms with van der Waals surface area (Å²) in [6.45, 7) is 0.425. The van der Waals surface area contributed by atoms with E-state index in [2.05, 4.69) is 0 Å². The number of hydrogen-bond donors (Lipinski definition) is 0.